The lowest BCUT2D eigenvalue weighted by molar-refractivity contribution is -0.137. The zero-order valence-electron chi connectivity index (χ0n) is 17.6. The number of hydrogen-bond donors (Lipinski definition) is 2. The lowest BCUT2D eigenvalue weighted by Crippen LogP contribution is -2.29. The second kappa shape index (κ2) is 7.35. The van der Waals surface area contributed by atoms with Gasteiger partial charge in [-0.1, -0.05) is 36.9 Å². The first kappa shape index (κ1) is 20.0. The summed E-state index contributed by atoms with van der Waals surface area (Å²) in [5.74, 6) is -0.499. The molecule has 1 aliphatic rings. The molecule has 1 aromatic heterocycles. The van der Waals surface area contributed by atoms with Crippen LogP contribution in [0.4, 0.5) is 11.4 Å². The number of fused-ring (bicyclic) bond motifs is 4. The molecule has 5 rings (SSSR count). The lowest BCUT2D eigenvalue weighted by atomic mass is 9.82. The molecule has 6 nitrogen and oxygen atoms in total. The fraction of sp³-hybridized carbons (Fsp3) is 0.154. The second-order valence-electron chi connectivity index (χ2n) is 8.03. The van der Waals surface area contributed by atoms with Crippen molar-refractivity contribution >= 4 is 39.1 Å². The van der Waals surface area contributed by atoms with Gasteiger partial charge in [0.15, 0.2) is 5.43 Å². The van der Waals surface area contributed by atoms with Crippen molar-refractivity contribution < 1.29 is 14.6 Å². The topological polar surface area (TPSA) is 80.6 Å². The standard InChI is InChI=1S/C26H22N2O4/c1-3-24(29)32-13-12-28-22-11-7-4-8-16(22)25(30)17-14-21-19(15-23(17)28)26(2,31)18-9-5-6-10-20(18)27-21/h3-11,14-15,27,31H,1,12-13H2,2H3. The Morgan fingerprint density at radius 3 is 2.62 bits per heavy atom. The highest BCUT2D eigenvalue weighted by Crippen LogP contribution is 2.45. The first-order valence-corrected chi connectivity index (χ1v) is 10.4. The molecule has 2 N–H and O–H groups in total. The van der Waals surface area contributed by atoms with Crippen LogP contribution < -0.4 is 10.7 Å². The largest absolute Gasteiger partial charge is 0.461 e. The smallest absolute Gasteiger partial charge is 0.330 e. The zero-order valence-corrected chi connectivity index (χ0v) is 17.6. The quantitative estimate of drug-likeness (QED) is 0.290. The van der Waals surface area contributed by atoms with Crippen LogP contribution in [-0.2, 0) is 21.7 Å². The van der Waals surface area contributed by atoms with Crippen molar-refractivity contribution in [2.24, 2.45) is 0 Å². The molecule has 0 amide bonds. The van der Waals surface area contributed by atoms with Crippen LogP contribution in [0.1, 0.15) is 18.1 Å². The number of para-hydroxylation sites is 2. The van der Waals surface area contributed by atoms with Crippen LogP contribution in [0.15, 0.2) is 78.1 Å². The van der Waals surface area contributed by atoms with E-state index in [9.17, 15) is 14.7 Å². The third kappa shape index (κ3) is 2.99. The van der Waals surface area contributed by atoms with Gasteiger partial charge < -0.3 is 19.7 Å². The summed E-state index contributed by atoms with van der Waals surface area (Å²) < 4.78 is 7.16. The van der Waals surface area contributed by atoms with Crippen molar-refractivity contribution in [2.45, 2.75) is 19.1 Å². The molecular weight excluding hydrogens is 404 g/mol. The fourth-order valence-corrected chi connectivity index (χ4v) is 4.52. The molecule has 0 spiro atoms. The van der Waals surface area contributed by atoms with Crippen LogP contribution in [0.5, 0.6) is 0 Å². The van der Waals surface area contributed by atoms with Gasteiger partial charge in [0.25, 0.3) is 0 Å². The van der Waals surface area contributed by atoms with Gasteiger partial charge in [-0.05, 0) is 37.3 Å². The van der Waals surface area contributed by atoms with Crippen molar-refractivity contribution in [3.8, 4) is 0 Å². The van der Waals surface area contributed by atoms with Crippen LogP contribution in [0, 0.1) is 0 Å². The molecule has 0 aliphatic carbocycles. The van der Waals surface area contributed by atoms with Crippen molar-refractivity contribution in [1.82, 2.24) is 4.57 Å². The van der Waals surface area contributed by atoms with Crippen molar-refractivity contribution in [2.75, 3.05) is 11.9 Å². The average Bonchev–Trinajstić information content (AvgIpc) is 2.80. The number of benzene rings is 3. The third-order valence-electron chi connectivity index (χ3n) is 6.08. The number of hydrogen-bond acceptors (Lipinski definition) is 5. The number of carbonyl (C=O) groups is 1. The Bertz CT molecular complexity index is 1470. The van der Waals surface area contributed by atoms with Crippen molar-refractivity contribution in [1.29, 1.82) is 0 Å². The van der Waals surface area contributed by atoms with Gasteiger partial charge in [0.1, 0.15) is 12.2 Å². The van der Waals surface area contributed by atoms with E-state index in [1.54, 1.807) is 19.1 Å². The number of esters is 1. The zero-order chi connectivity index (χ0) is 22.5. The van der Waals surface area contributed by atoms with Crippen LogP contribution in [0.3, 0.4) is 0 Å². The number of aromatic nitrogens is 1. The average molecular weight is 426 g/mol. The number of ether oxygens (including phenoxy) is 1. The van der Waals surface area contributed by atoms with Crippen LogP contribution in [0.2, 0.25) is 0 Å². The SMILES string of the molecule is C=CC(=O)OCCn1c2ccccc2c(=O)c2cc3c(cc21)C(C)(O)c1ccccc1N3. The molecule has 0 saturated carbocycles. The number of aliphatic hydroxyl groups is 1. The summed E-state index contributed by atoms with van der Waals surface area (Å²) in [4.78, 5) is 24.9. The van der Waals surface area contributed by atoms with Crippen LogP contribution >= 0.6 is 0 Å². The summed E-state index contributed by atoms with van der Waals surface area (Å²) in [6, 6.07) is 18.6. The highest BCUT2D eigenvalue weighted by molar-refractivity contribution is 5.97. The predicted molar refractivity (Wildman–Crippen MR) is 125 cm³/mol. The van der Waals surface area contributed by atoms with Gasteiger partial charge in [0.05, 0.1) is 17.6 Å². The molecule has 160 valence electrons. The third-order valence-corrected chi connectivity index (χ3v) is 6.08. The van der Waals surface area contributed by atoms with Crippen molar-refractivity contribution in [3.05, 3.63) is 94.7 Å². The van der Waals surface area contributed by atoms with Crippen LogP contribution in [0.25, 0.3) is 21.8 Å². The van der Waals surface area contributed by atoms with E-state index in [2.05, 4.69) is 11.9 Å². The first-order chi connectivity index (χ1) is 15.4. The fourth-order valence-electron chi connectivity index (χ4n) is 4.52. The monoisotopic (exact) mass is 426 g/mol. The Labute approximate surface area is 184 Å². The van der Waals surface area contributed by atoms with Gasteiger partial charge in [0.2, 0.25) is 0 Å². The molecule has 6 heteroatoms. The lowest BCUT2D eigenvalue weighted by Gasteiger charge is -2.34. The van der Waals surface area contributed by atoms with E-state index in [0.717, 1.165) is 22.8 Å². The molecule has 0 bridgehead atoms. The van der Waals surface area contributed by atoms with Gasteiger partial charge >= 0.3 is 5.97 Å². The Morgan fingerprint density at radius 1 is 1.06 bits per heavy atom. The summed E-state index contributed by atoms with van der Waals surface area (Å²) in [5, 5.41) is 16.0. The molecule has 0 saturated heterocycles. The normalized spacial score (nSPS) is 16.8. The summed E-state index contributed by atoms with van der Waals surface area (Å²) in [7, 11) is 0. The summed E-state index contributed by atoms with van der Waals surface area (Å²) in [6.45, 7) is 5.65. The minimum atomic E-state index is -1.24. The minimum absolute atomic E-state index is 0.0852. The molecule has 0 fully saturated rings. The maximum atomic E-state index is 13.4. The Hall–Kier alpha value is -3.90. The number of nitrogens with zero attached hydrogens (tertiary/aromatic N) is 1. The summed E-state index contributed by atoms with van der Waals surface area (Å²) >= 11 is 0. The first-order valence-electron chi connectivity index (χ1n) is 10.4. The second-order valence-corrected chi connectivity index (χ2v) is 8.03. The Morgan fingerprint density at radius 2 is 1.81 bits per heavy atom. The number of nitrogens with one attached hydrogen (secondary N) is 1. The highest BCUT2D eigenvalue weighted by Gasteiger charge is 2.35. The van der Waals surface area contributed by atoms with Crippen LogP contribution in [-0.4, -0.2) is 22.2 Å². The van der Waals surface area contributed by atoms with Gasteiger partial charge in [-0.3, -0.25) is 4.79 Å². The van der Waals surface area contributed by atoms with Gasteiger partial charge in [-0.15, -0.1) is 0 Å². The summed E-state index contributed by atoms with van der Waals surface area (Å²) in [5.41, 5.74) is 3.02. The molecule has 2 heterocycles. The maximum Gasteiger partial charge on any atom is 0.330 e. The molecule has 4 aromatic rings. The molecule has 32 heavy (non-hydrogen) atoms. The molecule has 3 aromatic carbocycles. The molecule has 1 atom stereocenters. The predicted octanol–water partition coefficient (Wildman–Crippen LogP) is 4.20. The molecule has 0 radical (unpaired) electrons. The van der Waals surface area contributed by atoms with Gasteiger partial charge in [0, 0.05) is 39.4 Å². The summed E-state index contributed by atoms with van der Waals surface area (Å²) in [6.07, 6.45) is 1.12. The van der Waals surface area contributed by atoms with E-state index < -0.39 is 11.6 Å². The van der Waals surface area contributed by atoms with E-state index in [-0.39, 0.29) is 12.0 Å². The minimum Gasteiger partial charge on any atom is -0.461 e. The number of anilines is 2. The van der Waals surface area contributed by atoms with Crippen molar-refractivity contribution in [3.63, 3.8) is 0 Å². The van der Waals surface area contributed by atoms with E-state index in [1.165, 1.54) is 0 Å². The molecular formula is C26H22N2O4. The molecule has 1 unspecified atom stereocenters. The number of carbonyl (C=O) groups excluding carboxylic acids is 1. The Balaban J connectivity index is 1.77. The van der Waals surface area contributed by atoms with Gasteiger partial charge in [-0.25, -0.2) is 4.79 Å². The highest BCUT2D eigenvalue weighted by atomic mass is 16.5. The number of pyridine rings is 1. The van der Waals surface area contributed by atoms with E-state index in [1.807, 2.05) is 53.1 Å². The van der Waals surface area contributed by atoms with E-state index in [0.29, 0.717) is 34.1 Å². The van der Waals surface area contributed by atoms with E-state index in [4.69, 9.17) is 4.74 Å². The van der Waals surface area contributed by atoms with Gasteiger partial charge in [-0.2, -0.15) is 0 Å². The molecule has 1 aliphatic heterocycles. The van der Waals surface area contributed by atoms with E-state index >= 15 is 0 Å². The number of rotatable bonds is 4. The Kier molecular flexibility index (Phi) is 4.60. The maximum absolute atomic E-state index is 13.4.